The number of nitrogens with zero attached hydrogens (tertiary/aromatic N) is 3. The Morgan fingerprint density at radius 3 is 2.50 bits per heavy atom. The second kappa shape index (κ2) is 6.99. The Kier molecular flexibility index (Phi) is 4.36. The number of halogens is 1. The Morgan fingerprint density at radius 1 is 1.14 bits per heavy atom. The van der Waals surface area contributed by atoms with Crippen molar-refractivity contribution in [3.05, 3.63) is 78.0 Å². The van der Waals surface area contributed by atoms with E-state index in [1.165, 1.54) is 18.2 Å². The summed E-state index contributed by atoms with van der Waals surface area (Å²) in [6, 6.07) is 13.5. The summed E-state index contributed by atoms with van der Waals surface area (Å²) in [4.78, 5) is 10.9. The summed E-state index contributed by atoms with van der Waals surface area (Å²) >= 11 is 0. The molecule has 8 heteroatoms. The van der Waals surface area contributed by atoms with Gasteiger partial charge in [0.2, 0.25) is 0 Å². The van der Waals surface area contributed by atoms with E-state index in [4.69, 9.17) is 15.4 Å². The molecular formula is C20H15FN4O3. The van der Waals surface area contributed by atoms with Crippen LogP contribution >= 0.6 is 0 Å². The Morgan fingerprint density at radius 2 is 1.89 bits per heavy atom. The number of carboxylic acid groups (broad SMARTS) is 1. The maximum atomic E-state index is 14.5. The van der Waals surface area contributed by atoms with Gasteiger partial charge in [-0.25, -0.2) is 9.18 Å². The Hall–Kier alpha value is -3.94. The first kappa shape index (κ1) is 17.5. The number of aromatic carboxylic acids is 1. The van der Waals surface area contributed by atoms with E-state index >= 15 is 0 Å². The molecule has 0 aliphatic rings. The lowest BCUT2D eigenvalue weighted by molar-refractivity contribution is 0.0686. The highest BCUT2D eigenvalue weighted by Gasteiger charge is 2.15. The fraction of sp³-hybridized carbons (Fsp3) is 0.0500. The van der Waals surface area contributed by atoms with Crippen LogP contribution in [0.4, 0.5) is 10.1 Å². The zero-order valence-electron chi connectivity index (χ0n) is 14.5. The molecule has 2 heterocycles. The van der Waals surface area contributed by atoms with Crippen molar-refractivity contribution in [1.29, 1.82) is 0 Å². The highest BCUT2D eigenvalue weighted by Crippen LogP contribution is 2.28. The summed E-state index contributed by atoms with van der Waals surface area (Å²) in [6.07, 6.45) is 3.34. The first-order valence-electron chi connectivity index (χ1n) is 8.37. The molecule has 2 aromatic carbocycles. The smallest absolute Gasteiger partial charge is 0.358 e. The lowest BCUT2D eigenvalue weighted by Crippen LogP contribution is -1.99. The molecule has 0 saturated heterocycles. The van der Waals surface area contributed by atoms with Crippen molar-refractivity contribution < 1.29 is 18.8 Å². The van der Waals surface area contributed by atoms with Gasteiger partial charge in [-0.1, -0.05) is 35.5 Å². The van der Waals surface area contributed by atoms with Crippen LogP contribution in [-0.2, 0) is 6.54 Å². The van der Waals surface area contributed by atoms with Crippen molar-refractivity contribution in [2.24, 2.45) is 0 Å². The van der Waals surface area contributed by atoms with E-state index in [-0.39, 0.29) is 17.0 Å². The van der Waals surface area contributed by atoms with Crippen molar-refractivity contribution in [2.75, 3.05) is 5.73 Å². The normalized spacial score (nSPS) is 10.9. The molecule has 140 valence electrons. The standard InChI is InChI=1S/C20H15FN4O3/c21-17-7-14(5-6-16(17)19-8-18(20(26)27)24-28-19)13-3-1-12(2-4-13)10-25-11-15(22)9-23-25/h1-9,11H,10,22H2,(H,26,27). The average molecular weight is 378 g/mol. The summed E-state index contributed by atoms with van der Waals surface area (Å²) in [5.41, 5.74) is 8.71. The molecule has 0 saturated carbocycles. The summed E-state index contributed by atoms with van der Waals surface area (Å²) in [7, 11) is 0. The van der Waals surface area contributed by atoms with Crippen LogP contribution in [0.1, 0.15) is 16.1 Å². The van der Waals surface area contributed by atoms with Crippen LogP contribution in [0.2, 0.25) is 0 Å². The predicted molar refractivity (Wildman–Crippen MR) is 100 cm³/mol. The highest BCUT2D eigenvalue weighted by molar-refractivity contribution is 5.86. The number of hydrogen-bond donors (Lipinski definition) is 2. The minimum Gasteiger partial charge on any atom is -0.476 e. The third-order valence-electron chi connectivity index (χ3n) is 4.25. The zero-order chi connectivity index (χ0) is 19.7. The third kappa shape index (κ3) is 3.48. The van der Waals surface area contributed by atoms with Gasteiger partial charge < -0.3 is 15.4 Å². The van der Waals surface area contributed by atoms with E-state index in [0.717, 1.165) is 11.1 Å². The maximum absolute atomic E-state index is 14.5. The maximum Gasteiger partial charge on any atom is 0.358 e. The lowest BCUT2D eigenvalue weighted by Gasteiger charge is -2.07. The van der Waals surface area contributed by atoms with Crippen molar-refractivity contribution in [2.45, 2.75) is 6.54 Å². The Labute approximate surface area is 158 Å². The number of carboxylic acids is 1. The monoisotopic (exact) mass is 378 g/mol. The van der Waals surface area contributed by atoms with Gasteiger partial charge in [0, 0.05) is 12.3 Å². The number of hydrogen-bond acceptors (Lipinski definition) is 5. The molecule has 7 nitrogen and oxygen atoms in total. The van der Waals surface area contributed by atoms with Crippen molar-refractivity contribution in [3.63, 3.8) is 0 Å². The summed E-state index contributed by atoms with van der Waals surface area (Å²) in [6.45, 7) is 0.585. The molecule has 3 N–H and O–H groups in total. The van der Waals surface area contributed by atoms with Crippen LogP contribution in [0.15, 0.2) is 65.4 Å². The van der Waals surface area contributed by atoms with Crippen LogP contribution in [0, 0.1) is 5.82 Å². The van der Waals surface area contributed by atoms with Crippen molar-refractivity contribution in [1.82, 2.24) is 14.9 Å². The SMILES string of the molecule is Nc1cnn(Cc2ccc(-c3ccc(-c4cc(C(=O)O)no4)c(F)c3)cc2)c1. The van der Waals surface area contributed by atoms with E-state index in [1.54, 1.807) is 23.1 Å². The van der Waals surface area contributed by atoms with Crippen LogP contribution < -0.4 is 5.73 Å². The average Bonchev–Trinajstić information content (AvgIpc) is 3.32. The van der Waals surface area contributed by atoms with Crippen LogP contribution in [-0.4, -0.2) is 26.0 Å². The van der Waals surface area contributed by atoms with E-state index in [9.17, 15) is 9.18 Å². The lowest BCUT2D eigenvalue weighted by atomic mass is 10.0. The molecule has 0 spiro atoms. The van der Waals surface area contributed by atoms with Crippen LogP contribution in [0.5, 0.6) is 0 Å². The van der Waals surface area contributed by atoms with Gasteiger partial charge in [0.05, 0.1) is 24.0 Å². The molecule has 28 heavy (non-hydrogen) atoms. The van der Waals surface area contributed by atoms with Gasteiger partial charge in [-0.05, 0) is 28.8 Å². The van der Waals surface area contributed by atoms with Gasteiger partial charge in [0.15, 0.2) is 11.5 Å². The molecule has 0 unspecified atom stereocenters. The second-order valence-electron chi connectivity index (χ2n) is 6.24. The highest BCUT2D eigenvalue weighted by atomic mass is 19.1. The molecule has 0 amide bonds. The number of benzene rings is 2. The summed E-state index contributed by atoms with van der Waals surface area (Å²) < 4.78 is 21.2. The second-order valence-corrected chi connectivity index (χ2v) is 6.24. The van der Waals surface area contributed by atoms with Crippen LogP contribution in [0.3, 0.4) is 0 Å². The topological polar surface area (TPSA) is 107 Å². The molecule has 2 aromatic heterocycles. The number of anilines is 1. The molecule has 0 radical (unpaired) electrons. The number of nitrogen functional groups attached to an aromatic ring is 1. The van der Waals surface area contributed by atoms with Gasteiger partial charge in [-0.2, -0.15) is 5.10 Å². The van der Waals surface area contributed by atoms with Gasteiger partial charge in [0.1, 0.15) is 5.82 Å². The van der Waals surface area contributed by atoms with E-state index in [0.29, 0.717) is 17.8 Å². The van der Waals surface area contributed by atoms with Crippen LogP contribution in [0.25, 0.3) is 22.5 Å². The van der Waals surface area contributed by atoms with Crippen molar-refractivity contribution in [3.8, 4) is 22.5 Å². The molecule has 0 aliphatic heterocycles. The van der Waals surface area contributed by atoms with Gasteiger partial charge in [-0.3, -0.25) is 4.68 Å². The number of nitrogens with two attached hydrogens (primary N) is 1. The van der Waals surface area contributed by atoms with Gasteiger partial charge in [0.25, 0.3) is 0 Å². The third-order valence-corrected chi connectivity index (χ3v) is 4.25. The quantitative estimate of drug-likeness (QED) is 0.549. The Balaban J connectivity index is 1.55. The minimum atomic E-state index is -1.23. The number of carbonyl (C=O) groups is 1. The largest absolute Gasteiger partial charge is 0.476 e. The molecule has 0 aliphatic carbocycles. The molecule has 4 rings (SSSR count). The zero-order valence-corrected chi connectivity index (χ0v) is 14.5. The molecular weight excluding hydrogens is 363 g/mol. The number of aromatic nitrogens is 3. The molecule has 4 aromatic rings. The van der Waals surface area contributed by atoms with Gasteiger partial charge >= 0.3 is 5.97 Å². The van der Waals surface area contributed by atoms with E-state index in [1.807, 2.05) is 24.3 Å². The van der Waals surface area contributed by atoms with E-state index in [2.05, 4.69) is 10.3 Å². The molecule has 0 bridgehead atoms. The van der Waals surface area contributed by atoms with Gasteiger partial charge in [-0.15, -0.1) is 0 Å². The molecule has 0 atom stereocenters. The first-order valence-corrected chi connectivity index (χ1v) is 8.37. The van der Waals surface area contributed by atoms with Crippen molar-refractivity contribution >= 4 is 11.7 Å². The first-order chi connectivity index (χ1) is 13.5. The number of rotatable bonds is 5. The molecule has 0 fully saturated rings. The summed E-state index contributed by atoms with van der Waals surface area (Å²) in [5.74, 6) is -1.69. The Bertz CT molecular complexity index is 1150. The fourth-order valence-electron chi connectivity index (χ4n) is 2.85. The van der Waals surface area contributed by atoms with E-state index < -0.39 is 11.8 Å². The fourth-order valence-corrected chi connectivity index (χ4v) is 2.85. The minimum absolute atomic E-state index is 0.0651. The predicted octanol–water partition coefficient (Wildman–Crippen LogP) is 3.67. The summed E-state index contributed by atoms with van der Waals surface area (Å²) in [5, 5.41) is 16.4.